The van der Waals surface area contributed by atoms with E-state index in [2.05, 4.69) is 30.9 Å². The molecule has 0 amide bonds. The Bertz CT molecular complexity index is 726. The average molecular weight is 288 g/mol. The van der Waals surface area contributed by atoms with Gasteiger partial charge in [0.15, 0.2) is 0 Å². The molecule has 2 heterocycles. The molecule has 21 heavy (non-hydrogen) atoms. The average Bonchev–Trinajstić information content (AvgIpc) is 2.85. The van der Waals surface area contributed by atoms with Gasteiger partial charge in [0, 0.05) is 24.0 Å². The number of aryl methyl sites for hydroxylation is 2. The summed E-state index contributed by atoms with van der Waals surface area (Å²) in [5.74, 6) is 0. The Kier molecular flexibility index (Phi) is 3.61. The molecule has 1 aliphatic carbocycles. The second-order valence-corrected chi connectivity index (χ2v) is 6.40. The van der Waals surface area contributed by atoms with Gasteiger partial charge in [0.05, 0.1) is 12.9 Å². The smallest absolute Gasteiger partial charge is 0.256 e. The standard InChI is InChI=1S/C16H24N4O/c1-11(2)18(3)10-20-15-14(9-17-19(15)4)12-7-5-6-8-13(12)16(20)21/h9,11H,5-8,10H2,1-4H3. The molecule has 0 saturated carbocycles. The van der Waals surface area contributed by atoms with Crippen LogP contribution in [0.3, 0.4) is 0 Å². The molecule has 0 aliphatic heterocycles. The number of pyridine rings is 1. The second kappa shape index (κ2) is 5.30. The highest BCUT2D eigenvalue weighted by molar-refractivity contribution is 5.80. The van der Waals surface area contributed by atoms with Crippen LogP contribution in [0.5, 0.6) is 0 Å². The Morgan fingerprint density at radius 2 is 1.95 bits per heavy atom. The maximum Gasteiger partial charge on any atom is 0.256 e. The molecule has 0 atom stereocenters. The summed E-state index contributed by atoms with van der Waals surface area (Å²) in [4.78, 5) is 15.1. The van der Waals surface area contributed by atoms with Gasteiger partial charge in [-0.2, -0.15) is 5.10 Å². The van der Waals surface area contributed by atoms with Crippen molar-refractivity contribution < 1.29 is 0 Å². The summed E-state index contributed by atoms with van der Waals surface area (Å²) in [5, 5.41) is 5.55. The van der Waals surface area contributed by atoms with Crippen LogP contribution in [-0.4, -0.2) is 32.3 Å². The van der Waals surface area contributed by atoms with Crippen LogP contribution in [0.25, 0.3) is 11.0 Å². The minimum Gasteiger partial charge on any atom is -0.286 e. The number of hydrogen-bond donors (Lipinski definition) is 0. The van der Waals surface area contributed by atoms with Crippen molar-refractivity contribution in [3.05, 3.63) is 27.7 Å². The number of nitrogens with zero attached hydrogens (tertiary/aromatic N) is 4. The molecular formula is C16H24N4O. The first kappa shape index (κ1) is 14.3. The first-order valence-corrected chi connectivity index (χ1v) is 7.77. The molecule has 0 aromatic carbocycles. The Labute approximate surface area is 125 Å². The zero-order chi connectivity index (χ0) is 15.1. The van der Waals surface area contributed by atoms with E-state index in [1.165, 1.54) is 12.0 Å². The lowest BCUT2D eigenvalue weighted by Crippen LogP contribution is -2.36. The topological polar surface area (TPSA) is 43.1 Å². The van der Waals surface area contributed by atoms with Gasteiger partial charge in [-0.25, -0.2) is 0 Å². The molecule has 5 heteroatoms. The number of rotatable bonds is 3. The Morgan fingerprint density at radius 3 is 2.62 bits per heavy atom. The molecule has 0 spiro atoms. The van der Waals surface area contributed by atoms with E-state index in [0.717, 1.165) is 35.9 Å². The molecule has 3 rings (SSSR count). The molecule has 0 saturated heterocycles. The van der Waals surface area contributed by atoms with Gasteiger partial charge in [-0.1, -0.05) is 0 Å². The number of aromatic nitrogens is 3. The van der Waals surface area contributed by atoms with Gasteiger partial charge in [0.1, 0.15) is 5.65 Å². The van der Waals surface area contributed by atoms with E-state index in [0.29, 0.717) is 12.7 Å². The van der Waals surface area contributed by atoms with Crippen LogP contribution < -0.4 is 5.56 Å². The van der Waals surface area contributed by atoms with E-state index in [4.69, 9.17) is 0 Å². The Balaban J connectivity index is 2.25. The van der Waals surface area contributed by atoms with Gasteiger partial charge in [-0.15, -0.1) is 0 Å². The summed E-state index contributed by atoms with van der Waals surface area (Å²) in [6, 6.07) is 0.399. The fraction of sp³-hybridized carbons (Fsp3) is 0.625. The normalized spacial score (nSPS) is 15.1. The van der Waals surface area contributed by atoms with Gasteiger partial charge in [-0.3, -0.25) is 18.9 Å². The van der Waals surface area contributed by atoms with Crippen LogP contribution in [0, 0.1) is 0 Å². The van der Waals surface area contributed by atoms with Crippen molar-refractivity contribution in [2.45, 2.75) is 52.2 Å². The third-order valence-electron chi connectivity index (χ3n) is 4.71. The summed E-state index contributed by atoms with van der Waals surface area (Å²) in [6.45, 7) is 4.90. The van der Waals surface area contributed by atoms with Crippen LogP contribution in [0.4, 0.5) is 0 Å². The minimum absolute atomic E-state index is 0.174. The van der Waals surface area contributed by atoms with Gasteiger partial charge in [0.25, 0.3) is 5.56 Å². The van der Waals surface area contributed by atoms with Crippen molar-refractivity contribution in [2.24, 2.45) is 7.05 Å². The molecule has 0 radical (unpaired) electrons. The molecular weight excluding hydrogens is 264 g/mol. The zero-order valence-electron chi connectivity index (χ0n) is 13.4. The van der Waals surface area contributed by atoms with Crippen LogP contribution in [-0.2, 0) is 26.6 Å². The largest absolute Gasteiger partial charge is 0.286 e. The molecule has 1 aliphatic rings. The molecule has 0 bridgehead atoms. The third kappa shape index (κ3) is 2.29. The van der Waals surface area contributed by atoms with Crippen LogP contribution in [0.1, 0.15) is 37.8 Å². The first-order chi connectivity index (χ1) is 10.0. The molecule has 114 valence electrons. The SMILES string of the molecule is CC(C)N(C)Cn1c(=O)c2c(c3cnn(C)c31)CCCC2. The van der Waals surface area contributed by atoms with E-state index in [1.54, 1.807) is 0 Å². The van der Waals surface area contributed by atoms with Crippen molar-refractivity contribution in [3.63, 3.8) is 0 Å². The molecule has 2 aromatic rings. The zero-order valence-corrected chi connectivity index (χ0v) is 13.4. The van der Waals surface area contributed by atoms with Gasteiger partial charge in [0.2, 0.25) is 0 Å². The maximum absolute atomic E-state index is 12.9. The molecule has 0 unspecified atom stereocenters. The van der Waals surface area contributed by atoms with Crippen LogP contribution in [0.2, 0.25) is 0 Å². The van der Waals surface area contributed by atoms with E-state index in [9.17, 15) is 4.79 Å². The monoisotopic (exact) mass is 288 g/mol. The summed E-state index contributed by atoms with van der Waals surface area (Å²) in [6.07, 6.45) is 6.13. The Morgan fingerprint density at radius 1 is 1.29 bits per heavy atom. The van der Waals surface area contributed by atoms with E-state index >= 15 is 0 Å². The summed E-state index contributed by atoms with van der Waals surface area (Å²) >= 11 is 0. The van der Waals surface area contributed by atoms with Crippen molar-refractivity contribution >= 4 is 11.0 Å². The summed E-state index contributed by atoms with van der Waals surface area (Å²) < 4.78 is 3.73. The molecule has 5 nitrogen and oxygen atoms in total. The lowest BCUT2D eigenvalue weighted by Gasteiger charge is -2.25. The van der Waals surface area contributed by atoms with Gasteiger partial charge >= 0.3 is 0 Å². The highest BCUT2D eigenvalue weighted by Gasteiger charge is 2.22. The summed E-state index contributed by atoms with van der Waals surface area (Å²) in [5.41, 5.74) is 3.37. The van der Waals surface area contributed by atoms with Crippen molar-refractivity contribution in [2.75, 3.05) is 7.05 Å². The van der Waals surface area contributed by atoms with Gasteiger partial charge in [-0.05, 0) is 52.1 Å². The summed E-state index contributed by atoms with van der Waals surface area (Å²) in [7, 11) is 3.97. The van der Waals surface area contributed by atoms with Gasteiger partial charge < -0.3 is 0 Å². The second-order valence-electron chi connectivity index (χ2n) is 6.40. The maximum atomic E-state index is 12.9. The highest BCUT2D eigenvalue weighted by Crippen LogP contribution is 2.26. The third-order valence-corrected chi connectivity index (χ3v) is 4.71. The quantitative estimate of drug-likeness (QED) is 0.866. The van der Waals surface area contributed by atoms with Crippen molar-refractivity contribution in [1.82, 2.24) is 19.2 Å². The van der Waals surface area contributed by atoms with Crippen LogP contribution >= 0.6 is 0 Å². The van der Waals surface area contributed by atoms with Crippen molar-refractivity contribution in [3.8, 4) is 0 Å². The predicted molar refractivity (Wildman–Crippen MR) is 84.5 cm³/mol. The molecule has 0 fully saturated rings. The van der Waals surface area contributed by atoms with Crippen LogP contribution in [0.15, 0.2) is 11.0 Å². The number of fused-ring (bicyclic) bond motifs is 3. The minimum atomic E-state index is 0.174. The first-order valence-electron chi connectivity index (χ1n) is 7.77. The molecule has 2 aromatic heterocycles. The van der Waals surface area contributed by atoms with E-state index in [1.807, 2.05) is 22.5 Å². The highest BCUT2D eigenvalue weighted by atomic mass is 16.1. The fourth-order valence-corrected chi connectivity index (χ4v) is 3.18. The Hall–Kier alpha value is -1.62. The molecule has 0 N–H and O–H groups in total. The van der Waals surface area contributed by atoms with E-state index in [-0.39, 0.29) is 5.56 Å². The number of hydrogen-bond acceptors (Lipinski definition) is 3. The fourth-order valence-electron chi connectivity index (χ4n) is 3.18. The lowest BCUT2D eigenvalue weighted by atomic mass is 9.91. The predicted octanol–water partition coefficient (Wildman–Crippen LogP) is 1.91. The van der Waals surface area contributed by atoms with Crippen molar-refractivity contribution in [1.29, 1.82) is 0 Å². The van der Waals surface area contributed by atoms with E-state index < -0.39 is 0 Å². The lowest BCUT2D eigenvalue weighted by molar-refractivity contribution is 0.217.